The van der Waals surface area contributed by atoms with Crippen LogP contribution in [0.15, 0.2) is 82.7 Å². The van der Waals surface area contributed by atoms with Gasteiger partial charge in [-0.1, -0.05) is 53.4 Å². The Morgan fingerprint density at radius 2 is 1.61 bits per heavy atom. The Morgan fingerprint density at radius 3 is 2.13 bits per heavy atom. The Bertz CT molecular complexity index is 1330. The molecule has 0 aliphatic heterocycles. The van der Waals surface area contributed by atoms with Crippen LogP contribution in [-0.2, 0) is 0 Å². The van der Waals surface area contributed by atoms with Crippen molar-refractivity contribution in [3.63, 3.8) is 0 Å². The third kappa shape index (κ3) is 7.58. The summed E-state index contributed by atoms with van der Waals surface area (Å²) in [7, 11) is 9.34. The van der Waals surface area contributed by atoms with E-state index in [0.717, 1.165) is 26.4 Å². The Morgan fingerprint density at radius 1 is 0.974 bits per heavy atom. The molecule has 0 radical (unpaired) electrons. The van der Waals surface area contributed by atoms with E-state index in [1.54, 1.807) is 31.0 Å². The number of aromatic nitrogens is 3. The van der Waals surface area contributed by atoms with Crippen LogP contribution in [0.4, 0.5) is 0 Å². The summed E-state index contributed by atoms with van der Waals surface area (Å²) in [6.07, 6.45) is 1.82. The largest absolute Gasteiger partial charge is 0.545 e. The molecule has 3 aromatic carbocycles. The van der Waals surface area contributed by atoms with Gasteiger partial charge in [0.05, 0.1) is 54.1 Å². The van der Waals surface area contributed by atoms with Crippen molar-refractivity contribution in [3.05, 3.63) is 78.5 Å². The molecule has 0 spiro atoms. The van der Waals surface area contributed by atoms with Crippen molar-refractivity contribution < 1.29 is 29.0 Å². The summed E-state index contributed by atoms with van der Waals surface area (Å²) in [5.41, 5.74) is 2.39. The maximum absolute atomic E-state index is 11.0. The van der Waals surface area contributed by atoms with Crippen LogP contribution in [0.3, 0.4) is 0 Å². The monoisotopic (exact) mass is 536 g/mol. The molecule has 0 bridgehead atoms. The maximum atomic E-state index is 11.0. The molecule has 1 aromatic heterocycles. The third-order valence-electron chi connectivity index (χ3n) is 5.38. The summed E-state index contributed by atoms with van der Waals surface area (Å²) in [6.45, 7) is 1.11. The van der Waals surface area contributed by atoms with Crippen molar-refractivity contribution in [1.82, 2.24) is 15.0 Å². The average Bonchev–Trinajstić information content (AvgIpc) is 3.38. The second-order valence-electron chi connectivity index (χ2n) is 9.21. The van der Waals surface area contributed by atoms with Crippen LogP contribution in [0.1, 0.15) is 10.4 Å². The van der Waals surface area contributed by atoms with Gasteiger partial charge in [-0.3, -0.25) is 0 Å². The maximum Gasteiger partial charge on any atom is 0.150 e. The second kappa shape index (κ2) is 13.1. The quantitative estimate of drug-likeness (QED) is 0.325. The van der Waals surface area contributed by atoms with Crippen molar-refractivity contribution in [3.8, 4) is 28.4 Å². The molecular formula is C28H32N4O5S. The Kier molecular flexibility index (Phi) is 9.89. The number of benzene rings is 3. The van der Waals surface area contributed by atoms with E-state index in [4.69, 9.17) is 14.6 Å². The first-order valence-corrected chi connectivity index (χ1v) is 12.6. The number of quaternary nitrogens is 1. The number of aromatic carboxylic acids is 1. The van der Waals surface area contributed by atoms with Crippen molar-refractivity contribution in [1.29, 1.82) is 0 Å². The van der Waals surface area contributed by atoms with E-state index in [1.165, 1.54) is 23.9 Å². The number of ether oxygens (including phenoxy) is 2. The zero-order chi connectivity index (χ0) is 27.7. The van der Waals surface area contributed by atoms with E-state index in [1.807, 2.05) is 48.7 Å². The number of aliphatic hydroxyl groups is 1. The molecule has 0 atom stereocenters. The Balaban J connectivity index is 0.000000505. The molecule has 4 aromatic rings. The molecule has 200 valence electrons. The third-order valence-corrected chi connectivity index (χ3v) is 6.46. The number of carboxylic acid groups (broad SMARTS) is 1. The lowest BCUT2D eigenvalue weighted by molar-refractivity contribution is -0.870. The number of methoxy groups -OCH3 is 2. The summed E-state index contributed by atoms with van der Waals surface area (Å²) < 4.78 is 13.4. The zero-order valence-corrected chi connectivity index (χ0v) is 22.9. The first-order valence-electron chi connectivity index (χ1n) is 11.8. The lowest BCUT2D eigenvalue weighted by atomic mass is 10.2. The van der Waals surface area contributed by atoms with Gasteiger partial charge in [0.1, 0.15) is 23.7 Å². The van der Waals surface area contributed by atoms with Crippen LogP contribution in [-0.4, -0.2) is 79.1 Å². The molecule has 0 saturated carbocycles. The summed E-state index contributed by atoms with van der Waals surface area (Å²) in [5.74, 6) is 0.0401. The van der Waals surface area contributed by atoms with E-state index >= 15 is 0 Å². The highest BCUT2D eigenvalue weighted by atomic mass is 32.2. The average molecular weight is 537 g/mol. The van der Waals surface area contributed by atoms with Crippen molar-refractivity contribution in [2.24, 2.45) is 0 Å². The summed E-state index contributed by atoms with van der Waals surface area (Å²) >= 11 is 1.51. The molecule has 9 nitrogen and oxygen atoms in total. The molecule has 4 rings (SSSR count). The topological polar surface area (TPSA) is 110 Å². The fraction of sp³-hybridized carbons (Fsp3) is 0.250. The number of hydrogen-bond donors (Lipinski definition) is 1. The molecule has 0 amide bonds. The van der Waals surface area contributed by atoms with Gasteiger partial charge in [-0.05, 0) is 35.9 Å². The van der Waals surface area contributed by atoms with E-state index in [9.17, 15) is 9.90 Å². The predicted octanol–water partition coefficient (Wildman–Crippen LogP) is 3.15. The molecule has 0 unspecified atom stereocenters. The molecular weight excluding hydrogens is 504 g/mol. The summed E-state index contributed by atoms with van der Waals surface area (Å²) in [4.78, 5) is 12.8. The van der Waals surface area contributed by atoms with Crippen LogP contribution >= 0.6 is 11.8 Å². The first-order chi connectivity index (χ1) is 18.2. The predicted molar refractivity (Wildman–Crippen MR) is 145 cm³/mol. The number of rotatable bonds is 9. The lowest BCUT2D eigenvalue weighted by Gasteiger charge is -2.21. The molecule has 1 N–H and O–H groups in total. The van der Waals surface area contributed by atoms with Gasteiger partial charge in [-0.2, -0.15) is 0 Å². The minimum atomic E-state index is -1.19. The normalized spacial score (nSPS) is 10.9. The van der Waals surface area contributed by atoms with Gasteiger partial charge < -0.3 is 29.0 Å². The fourth-order valence-corrected chi connectivity index (χ4v) is 4.36. The molecule has 38 heavy (non-hydrogen) atoms. The molecule has 0 saturated heterocycles. The summed E-state index contributed by atoms with van der Waals surface area (Å²) in [6, 6.07) is 19.9. The van der Waals surface area contributed by atoms with Gasteiger partial charge in [-0.15, -0.1) is 5.10 Å². The van der Waals surface area contributed by atoms with Crippen LogP contribution < -0.4 is 14.6 Å². The Labute approximate surface area is 226 Å². The number of likely N-dealkylation sites (N-methyl/N-ethyl adjacent to an activating group) is 1. The van der Waals surface area contributed by atoms with Gasteiger partial charge in [0.2, 0.25) is 0 Å². The molecule has 0 aliphatic rings. The Hall–Kier alpha value is -3.86. The van der Waals surface area contributed by atoms with E-state index < -0.39 is 5.97 Å². The second-order valence-corrected chi connectivity index (χ2v) is 10.3. The summed E-state index contributed by atoms with van der Waals surface area (Å²) in [5, 5.41) is 28.0. The molecule has 0 aliphatic carbocycles. The molecule has 0 fully saturated rings. The van der Waals surface area contributed by atoms with Crippen LogP contribution in [0.25, 0.3) is 16.9 Å². The van der Waals surface area contributed by atoms with Crippen molar-refractivity contribution >= 4 is 17.7 Å². The van der Waals surface area contributed by atoms with E-state index in [2.05, 4.69) is 31.5 Å². The van der Waals surface area contributed by atoms with Crippen LogP contribution in [0, 0.1) is 0 Å². The number of hydrogen-bond acceptors (Lipinski definition) is 8. The molecule has 1 heterocycles. The number of para-hydroxylation sites is 1. The standard InChI is InChI=1S/C23H19N3O4S.C5H14NO/c1-29-19-7-5-8-20(30-2)22(19)26-14-18(24-25-26)17-6-3-4-9-21(17)31-16-12-10-15(11-13-16)23(27)28;1-6(2,3)4-5-7/h3-14H,1-2H3,(H,27,28);7H,4-5H2,1-3H3/q;+1/p-1. The highest BCUT2D eigenvalue weighted by molar-refractivity contribution is 7.99. The highest BCUT2D eigenvalue weighted by Crippen LogP contribution is 2.37. The van der Waals surface area contributed by atoms with E-state index in [0.29, 0.717) is 22.9 Å². The lowest BCUT2D eigenvalue weighted by Crippen LogP contribution is -2.36. The smallest absolute Gasteiger partial charge is 0.150 e. The van der Waals surface area contributed by atoms with Crippen LogP contribution in [0.5, 0.6) is 11.5 Å². The SMILES string of the molecule is COc1cccc(OC)c1-n1cc(-c2ccccc2Sc2ccc(C(=O)[O-])cc2)nn1.C[N+](C)(C)CCO. The number of aliphatic hydroxyl groups excluding tert-OH is 1. The minimum Gasteiger partial charge on any atom is -0.545 e. The van der Waals surface area contributed by atoms with Crippen molar-refractivity contribution in [2.45, 2.75) is 9.79 Å². The van der Waals surface area contributed by atoms with Gasteiger partial charge >= 0.3 is 0 Å². The number of carboxylic acids is 1. The van der Waals surface area contributed by atoms with Crippen molar-refractivity contribution in [2.75, 3.05) is 48.5 Å². The minimum absolute atomic E-state index is 0.145. The molecule has 10 heteroatoms. The number of carbonyl (C=O) groups is 1. The van der Waals surface area contributed by atoms with Gasteiger partial charge in [0.25, 0.3) is 0 Å². The van der Waals surface area contributed by atoms with Crippen LogP contribution in [0.2, 0.25) is 0 Å². The van der Waals surface area contributed by atoms with Gasteiger partial charge in [0.15, 0.2) is 5.69 Å². The zero-order valence-electron chi connectivity index (χ0n) is 22.1. The highest BCUT2D eigenvalue weighted by Gasteiger charge is 2.16. The first kappa shape index (κ1) is 28.7. The number of carbonyl (C=O) groups excluding carboxylic acids is 1. The fourth-order valence-electron chi connectivity index (χ4n) is 3.41. The van der Waals surface area contributed by atoms with Gasteiger partial charge in [0, 0.05) is 15.4 Å². The number of nitrogens with zero attached hydrogens (tertiary/aromatic N) is 4. The van der Waals surface area contributed by atoms with E-state index in [-0.39, 0.29) is 12.2 Å². The van der Waals surface area contributed by atoms with Gasteiger partial charge in [-0.25, -0.2) is 4.68 Å².